The summed E-state index contributed by atoms with van der Waals surface area (Å²) in [7, 11) is 1.30. The molecule has 0 bridgehead atoms. The Morgan fingerprint density at radius 1 is 0.808 bits per heavy atom. The molecule has 0 aromatic rings. The zero-order chi connectivity index (χ0) is 20.2. The van der Waals surface area contributed by atoms with Crippen molar-refractivity contribution in [3.8, 4) is 0 Å². The van der Waals surface area contributed by atoms with Crippen LogP contribution >= 0.6 is 0 Å². The van der Waals surface area contributed by atoms with E-state index in [0.717, 1.165) is 6.92 Å². The van der Waals surface area contributed by atoms with Gasteiger partial charge in [-0.1, -0.05) is 0 Å². The summed E-state index contributed by atoms with van der Waals surface area (Å²) in [6.07, 6.45) is -11.5. The SMILES string of the molecule is CO[C@H]1O[C@H](CO)[C@@H](O)[C@H](O)[C@H]1O.C[C@]1(O)O[C@H](CO)[C@@H](O)[C@H](O)[C@H]1O. The van der Waals surface area contributed by atoms with Crippen LogP contribution in [0.4, 0.5) is 0 Å². The fraction of sp³-hybridized carbons (Fsp3) is 1.00. The highest BCUT2D eigenvalue weighted by Crippen LogP contribution is 2.27. The summed E-state index contributed by atoms with van der Waals surface area (Å²) in [5.41, 5.74) is 0. The Morgan fingerprint density at radius 2 is 1.31 bits per heavy atom. The molecule has 0 aromatic carbocycles. The molecule has 0 radical (unpaired) electrons. The van der Waals surface area contributed by atoms with Crippen molar-refractivity contribution >= 4 is 0 Å². The average Bonchev–Trinajstić information content (AvgIpc) is 2.62. The molecule has 2 aliphatic rings. The summed E-state index contributed by atoms with van der Waals surface area (Å²) in [5.74, 6) is -1.95. The molecule has 156 valence electrons. The molecule has 0 aromatic heterocycles. The van der Waals surface area contributed by atoms with E-state index in [-0.39, 0.29) is 0 Å². The standard InChI is InChI=1S/2C7H14O6/c1-12-7-6(11)5(10)4(9)3(2-8)13-7;1-7(12)6(11)5(10)4(9)3(2-8)13-7/h3-11H,2H2,1H3;3-6,8-12H,2H2,1H3/t2*3-,4-,5+,6-,7+/m11/s1. The van der Waals surface area contributed by atoms with Gasteiger partial charge in [0.1, 0.15) is 48.8 Å². The molecule has 9 N–H and O–H groups in total. The van der Waals surface area contributed by atoms with E-state index in [0.29, 0.717) is 0 Å². The molecule has 2 rings (SSSR count). The molecule has 2 heterocycles. The van der Waals surface area contributed by atoms with Crippen LogP contribution in [0.1, 0.15) is 6.92 Å². The molecule has 0 unspecified atom stereocenters. The maximum absolute atomic E-state index is 9.38. The summed E-state index contributed by atoms with van der Waals surface area (Å²) in [6, 6.07) is 0. The molecule has 12 heteroatoms. The Labute approximate surface area is 149 Å². The summed E-state index contributed by atoms with van der Waals surface area (Å²) in [4.78, 5) is 0. The van der Waals surface area contributed by atoms with Gasteiger partial charge < -0.3 is 60.2 Å². The zero-order valence-electron chi connectivity index (χ0n) is 14.4. The molecule has 0 spiro atoms. The first-order valence-electron chi connectivity index (χ1n) is 7.90. The van der Waals surface area contributed by atoms with Gasteiger partial charge in [0.05, 0.1) is 13.2 Å². The fourth-order valence-electron chi connectivity index (χ4n) is 2.58. The van der Waals surface area contributed by atoms with Crippen molar-refractivity contribution in [1.29, 1.82) is 0 Å². The second kappa shape index (κ2) is 9.64. The van der Waals surface area contributed by atoms with Crippen molar-refractivity contribution in [3.63, 3.8) is 0 Å². The van der Waals surface area contributed by atoms with Gasteiger partial charge >= 0.3 is 0 Å². The zero-order valence-corrected chi connectivity index (χ0v) is 14.4. The molecule has 0 saturated carbocycles. The lowest BCUT2D eigenvalue weighted by molar-refractivity contribution is -0.341. The van der Waals surface area contributed by atoms with Gasteiger partial charge in [0.2, 0.25) is 0 Å². The maximum atomic E-state index is 9.38. The highest BCUT2D eigenvalue weighted by molar-refractivity contribution is 4.93. The monoisotopic (exact) mass is 388 g/mol. The third kappa shape index (κ3) is 5.07. The number of hydrogen-bond acceptors (Lipinski definition) is 12. The Hall–Kier alpha value is -0.480. The molecule has 0 amide bonds. The van der Waals surface area contributed by atoms with Crippen LogP contribution in [0.15, 0.2) is 0 Å². The largest absolute Gasteiger partial charge is 0.394 e. The van der Waals surface area contributed by atoms with Crippen LogP contribution in [0.5, 0.6) is 0 Å². The van der Waals surface area contributed by atoms with Crippen LogP contribution < -0.4 is 0 Å². The van der Waals surface area contributed by atoms with Crippen LogP contribution in [0, 0.1) is 0 Å². The minimum Gasteiger partial charge on any atom is -0.394 e. The molecule has 10 atom stereocenters. The Kier molecular flexibility index (Phi) is 8.73. The number of hydrogen-bond donors (Lipinski definition) is 9. The van der Waals surface area contributed by atoms with E-state index >= 15 is 0 Å². The average molecular weight is 388 g/mol. The maximum Gasteiger partial charge on any atom is 0.192 e. The van der Waals surface area contributed by atoms with Crippen LogP contribution in [-0.4, -0.2) is 127 Å². The molecular weight excluding hydrogens is 360 g/mol. The van der Waals surface area contributed by atoms with Crippen molar-refractivity contribution in [2.24, 2.45) is 0 Å². The minimum absolute atomic E-state index is 0.440. The highest BCUT2D eigenvalue weighted by atomic mass is 16.7. The van der Waals surface area contributed by atoms with Crippen LogP contribution in [-0.2, 0) is 14.2 Å². The van der Waals surface area contributed by atoms with Crippen LogP contribution in [0.25, 0.3) is 0 Å². The van der Waals surface area contributed by atoms with E-state index in [9.17, 15) is 35.7 Å². The van der Waals surface area contributed by atoms with Crippen molar-refractivity contribution in [1.82, 2.24) is 0 Å². The van der Waals surface area contributed by atoms with E-state index in [1.54, 1.807) is 0 Å². The van der Waals surface area contributed by atoms with Crippen molar-refractivity contribution in [3.05, 3.63) is 0 Å². The van der Waals surface area contributed by atoms with Gasteiger partial charge in [0.25, 0.3) is 0 Å². The van der Waals surface area contributed by atoms with Gasteiger partial charge in [-0.05, 0) is 6.92 Å². The Bertz CT molecular complexity index is 399. The second-order valence-corrected chi connectivity index (χ2v) is 6.25. The molecule has 2 saturated heterocycles. The highest BCUT2D eigenvalue weighted by Gasteiger charge is 2.49. The summed E-state index contributed by atoms with van der Waals surface area (Å²) in [5, 5.41) is 82.3. The molecule has 2 aliphatic heterocycles. The molecule has 26 heavy (non-hydrogen) atoms. The van der Waals surface area contributed by atoms with Crippen molar-refractivity contribution in [2.75, 3.05) is 20.3 Å². The lowest BCUT2D eigenvalue weighted by Gasteiger charge is -2.43. The number of aliphatic hydroxyl groups is 9. The summed E-state index contributed by atoms with van der Waals surface area (Å²) in [6.45, 7) is 0.168. The Balaban J connectivity index is 0.000000260. The molecule has 2 fully saturated rings. The second-order valence-electron chi connectivity index (χ2n) is 6.25. The van der Waals surface area contributed by atoms with Gasteiger partial charge in [-0.3, -0.25) is 0 Å². The van der Waals surface area contributed by atoms with E-state index < -0.39 is 74.1 Å². The van der Waals surface area contributed by atoms with Gasteiger partial charge in [-0.25, -0.2) is 0 Å². The van der Waals surface area contributed by atoms with E-state index in [2.05, 4.69) is 0 Å². The van der Waals surface area contributed by atoms with E-state index in [1.165, 1.54) is 7.11 Å². The van der Waals surface area contributed by atoms with E-state index in [4.69, 9.17) is 24.4 Å². The number of aliphatic hydroxyl groups excluding tert-OH is 8. The van der Waals surface area contributed by atoms with Crippen LogP contribution in [0.2, 0.25) is 0 Å². The van der Waals surface area contributed by atoms with Gasteiger partial charge in [-0.15, -0.1) is 0 Å². The molecular formula is C14H28O12. The van der Waals surface area contributed by atoms with E-state index in [1.807, 2.05) is 0 Å². The first-order valence-corrected chi connectivity index (χ1v) is 7.90. The lowest BCUT2D eigenvalue weighted by atomic mass is 9.94. The number of ether oxygens (including phenoxy) is 3. The normalized spacial score (nSPS) is 49.3. The predicted octanol–water partition coefficient (Wildman–Crippen LogP) is -5.40. The smallest absolute Gasteiger partial charge is 0.192 e. The quantitative estimate of drug-likeness (QED) is 0.222. The van der Waals surface area contributed by atoms with Gasteiger partial charge in [0, 0.05) is 7.11 Å². The van der Waals surface area contributed by atoms with Crippen molar-refractivity contribution < 1.29 is 60.2 Å². The predicted molar refractivity (Wildman–Crippen MR) is 81.4 cm³/mol. The number of methoxy groups -OCH3 is 1. The number of rotatable bonds is 3. The minimum atomic E-state index is -1.95. The van der Waals surface area contributed by atoms with Gasteiger partial charge in [0.15, 0.2) is 12.1 Å². The first kappa shape index (κ1) is 23.6. The summed E-state index contributed by atoms with van der Waals surface area (Å²) >= 11 is 0. The first-order chi connectivity index (χ1) is 12.0. The van der Waals surface area contributed by atoms with Crippen molar-refractivity contribution in [2.45, 2.75) is 67.8 Å². The third-order valence-electron chi connectivity index (χ3n) is 4.25. The van der Waals surface area contributed by atoms with Gasteiger partial charge in [-0.2, -0.15) is 0 Å². The summed E-state index contributed by atoms with van der Waals surface area (Å²) < 4.78 is 14.4. The third-order valence-corrected chi connectivity index (χ3v) is 4.25. The molecule has 12 nitrogen and oxygen atoms in total. The molecule has 0 aliphatic carbocycles. The topological polar surface area (TPSA) is 210 Å². The lowest BCUT2D eigenvalue weighted by Crippen LogP contribution is -2.63. The van der Waals surface area contributed by atoms with Crippen LogP contribution in [0.3, 0.4) is 0 Å². The Morgan fingerprint density at radius 3 is 1.77 bits per heavy atom. The fourth-order valence-corrected chi connectivity index (χ4v) is 2.58.